The number of benzene rings is 1. The van der Waals surface area contributed by atoms with E-state index in [1.807, 2.05) is 4.98 Å². The van der Waals surface area contributed by atoms with Crippen molar-refractivity contribution in [3.05, 3.63) is 80.4 Å². The van der Waals surface area contributed by atoms with E-state index in [1.54, 1.807) is 29.7 Å². The van der Waals surface area contributed by atoms with E-state index in [9.17, 15) is 18.4 Å². The Hall–Kier alpha value is -3.82. The number of hydrogen-bond donors (Lipinski definition) is 2. The zero-order valence-corrected chi connectivity index (χ0v) is 14.5. The van der Waals surface area contributed by atoms with Crippen LogP contribution in [0.1, 0.15) is 11.3 Å². The molecule has 0 radical (unpaired) electrons. The second-order valence-corrected chi connectivity index (χ2v) is 5.95. The van der Waals surface area contributed by atoms with E-state index < -0.39 is 23.0 Å². The minimum atomic E-state index is -0.796. The van der Waals surface area contributed by atoms with Crippen molar-refractivity contribution < 1.29 is 13.5 Å². The fourth-order valence-corrected chi connectivity index (χ4v) is 2.88. The Kier molecular flexibility index (Phi) is 4.22. The van der Waals surface area contributed by atoms with Gasteiger partial charge in [0.25, 0.3) is 0 Å². The zero-order chi connectivity index (χ0) is 19.8. The van der Waals surface area contributed by atoms with Gasteiger partial charge in [0.2, 0.25) is 0 Å². The highest BCUT2D eigenvalue weighted by Crippen LogP contribution is 2.27. The van der Waals surface area contributed by atoms with Gasteiger partial charge in [0, 0.05) is 6.20 Å². The molecule has 0 saturated heterocycles. The van der Waals surface area contributed by atoms with Crippen LogP contribution in [-0.2, 0) is 6.61 Å². The van der Waals surface area contributed by atoms with Crippen molar-refractivity contribution in [1.82, 2.24) is 24.3 Å². The van der Waals surface area contributed by atoms with Gasteiger partial charge in [-0.3, -0.25) is 14.4 Å². The quantitative estimate of drug-likeness (QED) is 0.559. The molecular formula is C18H13F2N5O3. The van der Waals surface area contributed by atoms with Gasteiger partial charge in [-0.25, -0.2) is 23.4 Å². The van der Waals surface area contributed by atoms with Crippen LogP contribution in [0.5, 0.6) is 5.75 Å². The lowest BCUT2D eigenvalue weighted by Crippen LogP contribution is -2.25. The molecule has 0 atom stereocenters. The van der Waals surface area contributed by atoms with Crippen molar-refractivity contribution in [2.24, 2.45) is 0 Å². The van der Waals surface area contributed by atoms with Crippen molar-refractivity contribution in [2.45, 2.75) is 13.5 Å². The topological polar surface area (TPSA) is 105 Å². The molecule has 2 N–H and O–H groups in total. The van der Waals surface area contributed by atoms with E-state index in [0.717, 1.165) is 12.1 Å². The average Bonchev–Trinajstić information content (AvgIpc) is 2.97. The first-order valence-electron chi connectivity index (χ1n) is 8.18. The molecule has 0 aliphatic heterocycles. The normalized spacial score (nSPS) is 11.1. The molecule has 1 aromatic carbocycles. The second kappa shape index (κ2) is 6.72. The van der Waals surface area contributed by atoms with Crippen LogP contribution in [0.15, 0.2) is 46.1 Å². The number of nitrogens with one attached hydrogen (secondary N) is 2. The van der Waals surface area contributed by atoms with Gasteiger partial charge in [-0.15, -0.1) is 0 Å². The van der Waals surface area contributed by atoms with Crippen molar-refractivity contribution in [1.29, 1.82) is 0 Å². The fraction of sp³-hybridized carbons (Fsp3) is 0.111. The van der Waals surface area contributed by atoms with Crippen LogP contribution >= 0.6 is 0 Å². The number of nitrogens with zero attached hydrogens (tertiary/aromatic N) is 3. The molecule has 0 aliphatic carbocycles. The van der Waals surface area contributed by atoms with Crippen LogP contribution in [0.3, 0.4) is 0 Å². The molecule has 28 heavy (non-hydrogen) atoms. The number of hydrogen-bond acceptors (Lipinski definition) is 5. The third-order valence-electron chi connectivity index (χ3n) is 4.11. The Bertz CT molecular complexity index is 1260. The Morgan fingerprint density at radius 3 is 2.54 bits per heavy atom. The van der Waals surface area contributed by atoms with E-state index in [4.69, 9.17) is 4.74 Å². The third kappa shape index (κ3) is 3.04. The highest BCUT2D eigenvalue weighted by Gasteiger charge is 2.17. The molecule has 8 nitrogen and oxygen atoms in total. The molecule has 0 bridgehead atoms. The fourth-order valence-electron chi connectivity index (χ4n) is 2.88. The Morgan fingerprint density at radius 1 is 1.07 bits per heavy atom. The second-order valence-electron chi connectivity index (χ2n) is 5.95. The largest absolute Gasteiger partial charge is 0.485 e. The summed E-state index contributed by atoms with van der Waals surface area (Å²) in [6.07, 6.45) is 1.64. The molecule has 0 fully saturated rings. The summed E-state index contributed by atoms with van der Waals surface area (Å²) in [4.78, 5) is 35.7. The molecule has 142 valence electrons. The molecule has 0 spiro atoms. The summed E-state index contributed by atoms with van der Waals surface area (Å²) in [5, 5.41) is 0. The summed E-state index contributed by atoms with van der Waals surface area (Å²) in [7, 11) is 0. The van der Waals surface area contributed by atoms with Crippen LogP contribution in [0.2, 0.25) is 0 Å². The summed E-state index contributed by atoms with van der Waals surface area (Å²) < 4.78 is 34.8. The van der Waals surface area contributed by atoms with E-state index in [1.165, 1.54) is 6.07 Å². The number of imidazole rings is 1. The Morgan fingerprint density at radius 2 is 1.82 bits per heavy atom. The number of rotatable bonds is 4. The molecule has 0 amide bonds. The Balaban J connectivity index is 1.78. The van der Waals surface area contributed by atoms with Gasteiger partial charge in [-0.1, -0.05) is 6.07 Å². The predicted molar refractivity (Wildman–Crippen MR) is 95.1 cm³/mol. The predicted octanol–water partition coefficient (Wildman–Crippen LogP) is 1.94. The van der Waals surface area contributed by atoms with E-state index in [0.29, 0.717) is 17.0 Å². The maximum atomic E-state index is 13.8. The van der Waals surface area contributed by atoms with Gasteiger partial charge < -0.3 is 4.74 Å². The smallest absolute Gasteiger partial charge is 0.351 e. The summed E-state index contributed by atoms with van der Waals surface area (Å²) in [5.74, 6) is -1.11. The molecule has 3 aromatic heterocycles. The van der Waals surface area contributed by atoms with Crippen LogP contribution in [0.4, 0.5) is 8.78 Å². The molecule has 4 rings (SSSR count). The number of aryl methyl sites for hydroxylation is 1. The highest BCUT2D eigenvalue weighted by molar-refractivity contribution is 5.65. The van der Waals surface area contributed by atoms with E-state index in [-0.39, 0.29) is 23.7 Å². The lowest BCUT2D eigenvalue weighted by Gasteiger charge is -2.09. The number of ether oxygens (including phenoxy) is 1. The summed E-state index contributed by atoms with van der Waals surface area (Å²) in [6.45, 7) is 1.34. The zero-order valence-electron chi connectivity index (χ0n) is 14.5. The van der Waals surface area contributed by atoms with Crippen molar-refractivity contribution >= 4 is 5.65 Å². The molecule has 3 heterocycles. The number of fused-ring (bicyclic) bond motifs is 1. The van der Waals surface area contributed by atoms with E-state index in [2.05, 4.69) is 15.0 Å². The minimum absolute atomic E-state index is 0.0380. The first-order chi connectivity index (χ1) is 13.4. The lowest BCUT2D eigenvalue weighted by molar-refractivity contribution is 0.294. The standard InChI is InChI=1S/C18H13F2N5O3/c1-9-14(15-22-17(26)24-18(27)23-15)25-7-3-6-13(16(25)21-9)28-8-10-11(19)4-2-5-12(10)20/h2-7H,8H2,1H3,(H2,22,23,24,26,27). The maximum absolute atomic E-state index is 13.8. The molecule has 4 aromatic rings. The van der Waals surface area contributed by atoms with Gasteiger partial charge in [0.1, 0.15) is 23.9 Å². The maximum Gasteiger partial charge on any atom is 0.351 e. The summed E-state index contributed by atoms with van der Waals surface area (Å²) >= 11 is 0. The lowest BCUT2D eigenvalue weighted by atomic mass is 10.2. The van der Waals surface area contributed by atoms with E-state index >= 15 is 0 Å². The van der Waals surface area contributed by atoms with Crippen LogP contribution in [-0.4, -0.2) is 24.3 Å². The molecule has 10 heteroatoms. The van der Waals surface area contributed by atoms with Crippen molar-refractivity contribution in [3.63, 3.8) is 0 Å². The van der Waals surface area contributed by atoms with Gasteiger partial charge in [-0.05, 0) is 31.2 Å². The van der Waals surface area contributed by atoms with Gasteiger partial charge in [0.05, 0.1) is 11.3 Å². The number of H-pyrrole nitrogens is 2. The first kappa shape index (κ1) is 17.6. The highest BCUT2D eigenvalue weighted by atomic mass is 19.1. The number of pyridine rings is 1. The summed E-state index contributed by atoms with van der Waals surface area (Å²) in [5.41, 5.74) is -0.492. The molecule has 0 saturated carbocycles. The molecule has 0 aliphatic rings. The van der Waals surface area contributed by atoms with Crippen molar-refractivity contribution in [3.8, 4) is 17.3 Å². The van der Waals surface area contributed by atoms with Crippen LogP contribution < -0.4 is 16.1 Å². The number of halogens is 2. The van der Waals surface area contributed by atoms with Gasteiger partial charge in [0.15, 0.2) is 17.2 Å². The van der Waals surface area contributed by atoms with Crippen LogP contribution in [0, 0.1) is 18.6 Å². The molecular weight excluding hydrogens is 372 g/mol. The minimum Gasteiger partial charge on any atom is -0.485 e. The van der Waals surface area contributed by atoms with Gasteiger partial charge >= 0.3 is 11.4 Å². The number of aromatic amines is 2. The number of aromatic nitrogens is 5. The third-order valence-corrected chi connectivity index (χ3v) is 4.11. The van der Waals surface area contributed by atoms with Gasteiger partial charge in [-0.2, -0.15) is 4.98 Å². The monoisotopic (exact) mass is 385 g/mol. The Labute approximate surface area is 155 Å². The first-order valence-corrected chi connectivity index (χ1v) is 8.18. The van der Waals surface area contributed by atoms with Crippen LogP contribution in [0.25, 0.3) is 17.2 Å². The van der Waals surface area contributed by atoms with Crippen molar-refractivity contribution in [2.75, 3.05) is 0 Å². The average molecular weight is 385 g/mol. The molecule has 0 unspecified atom stereocenters. The summed E-state index contributed by atoms with van der Waals surface area (Å²) in [6, 6.07) is 6.80. The SMILES string of the molecule is Cc1nc2c(OCc3c(F)cccc3F)cccn2c1-c1nc(=O)[nH]c(=O)[nH]1.